The van der Waals surface area contributed by atoms with Crippen molar-refractivity contribution in [3.8, 4) is 0 Å². The molecule has 33 heavy (non-hydrogen) atoms. The highest BCUT2D eigenvalue weighted by molar-refractivity contribution is 7.80. The number of thiocarbonyl (C=S) groups is 1. The number of ether oxygens (including phenoxy) is 2. The maximum atomic E-state index is 12.3. The molecule has 0 bridgehead atoms. The Hall–Kier alpha value is -2.37. The molecule has 0 fully saturated rings. The number of nitrogens with zero attached hydrogens (tertiary/aromatic N) is 2. The van der Waals surface area contributed by atoms with Crippen LogP contribution in [0.4, 0.5) is 10.8 Å². The Kier molecular flexibility index (Phi) is 8.19. The van der Waals surface area contributed by atoms with E-state index >= 15 is 0 Å². The molecule has 13 heteroatoms. The molecule has 0 aliphatic carbocycles. The van der Waals surface area contributed by atoms with E-state index in [1.807, 2.05) is 6.07 Å². The maximum absolute atomic E-state index is 12.3. The van der Waals surface area contributed by atoms with Crippen LogP contribution < -0.4 is 10.6 Å². The highest BCUT2D eigenvalue weighted by atomic mass is 35.5. The van der Waals surface area contributed by atoms with Gasteiger partial charge in [-0.1, -0.05) is 40.9 Å². The second-order valence-corrected chi connectivity index (χ2v) is 9.24. The van der Waals surface area contributed by atoms with Gasteiger partial charge in [-0.3, -0.25) is 4.68 Å². The summed E-state index contributed by atoms with van der Waals surface area (Å²) in [6, 6.07) is 5.27. The van der Waals surface area contributed by atoms with Crippen molar-refractivity contribution in [2.45, 2.75) is 13.5 Å². The van der Waals surface area contributed by atoms with Crippen LogP contribution in [0.15, 0.2) is 24.4 Å². The summed E-state index contributed by atoms with van der Waals surface area (Å²) in [5.74, 6) is -0.887. The highest BCUT2D eigenvalue weighted by Gasteiger charge is 2.26. The van der Waals surface area contributed by atoms with Crippen LogP contribution in [0, 0.1) is 6.92 Å². The van der Waals surface area contributed by atoms with Crippen LogP contribution in [-0.4, -0.2) is 41.1 Å². The van der Waals surface area contributed by atoms with Crippen molar-refractivity contribution in [3.63, 3.8) is 0 Å². The minimum absolute atomic E-state index is 0.111. The van der Waals surface area contributed by atoms with Crippen molar-refractivity contribution in [2.24, 2.45) is 0 Å². The first kappa shape index (κ1) is 25.3. The van der Waals surface area contributed by atoms with Crippen LogP contribution in [0.1, 0.15) is 31.2 Å². The van der Waals surface area contributed by atoms with E-state index in [2.05, 4.69) is 15.7 Å². The molecule has 8 nitrogen and oxygen atoms in total. The molecule has 0 radical (unpaired) electrons. The number of benzene rings is 1. The summed E-state index contributed by atoms with van der Waals surface area (Å²) in [5, 5.41) is 11.8. The largest absolute Gasteiger partial charge is 0.465 e. The number of halogens is 3. The van der Waals surface area contributed by atoms with Gasteiger partial charge in [0.25, 0.3) is 0 Å². The van der Waals surface area contributed by atoms with Gasteiger partial charge in [0, 0.05) is 6.20 Å². The predicted molar refractivity (Wildman–Crippen MR) is 134 cm³/mol. The van der Waals surface area contributed by atoms with Gasteiger partial charge < -0.3 is 20.1 Å². The van der Waals surface area contributed by atoms with Gasteiger partial charge in [0.2, 0.25) is 0 Å². The van der Waals surface area contributed by atoms with Crippen molar-refractivity contribution < 1.29 is 19.1 Å². The zero-order chi connectivity index (χ0) is 24.3. The third-order valence-electron chi connectivity index (χ3n) is 4.41. The minimum atomic E-state index is -0.617. The Balaban J connectivity index is 1.78. The number of carbonyl (C=O) groups excluding carboxylic acids is 2. The number of carbonyl (C=O) groups is 2. The summed E-state index contributed by atoms with van der Waals surface area (Å²) in [6.07, 6.45) is 1.62. The number of anilines is 2. The highest BCUT2D eigenvalue weighted by Crippen LogP contribution is 2.34. The zero-order valence-electron chi connectivity index (χ0n) is 17.5. The average Bonchev–Trinajstić information content (AvgIpc) is 3.28. The number of nitrogens with one attached hydrogen (secondary N) is 2. The summed E-state index contributed by atoms with van der Waals surface area (Å²) in [5.41, 5.74) is 1.49. The number of esters is 2. The van der Waals surface area contributed by atoms with Crippen LogP contribution >= 0.6 is 58.4 Å². The van der Waals surface area contributed by atoms with E-state index in [1.165, 1.54) is 14.2 Å². The molecule has 2 heterocycles. The molecule has 0 atom stereocenters. The molecular formula is C20H17Cl3N4O4S2. The molecule has 0 aliphatic rings. The first-order chi connectivity index (χ1) is 15.6. The van der Waals surface area contributed by atoms with E-state index < -0.39 is 11.9 Å². The van der Waals surface area contributed by atoms with Gasteiger partial charge in [-0.05, 0) is 42.4 Å². The van der Waals surface area contributed by atoms with Crippen molar-refractivity contribution in [3.05, 3.63) is 61.0 Å². The molecular weight excluding hydrogens is 531 g/mol. The monoisotopic (exact) mass is 546 g/mol. The molecule has 0 aliphatic heterocycles. The lowest BCUT2D eigenvalue weighted by molar-refractivity contribution is 0.0601. The minimum Gasteiger partial charge on any atom is -0.465 e. The van der Waals surface area contributed by atoms with Gasteiger partial charge in [0.05, 0.1) is 36.4 Å². The SMILES string of the molecule is COC(=O)c1sc(NC(=S)Nc2nn(Cc3ccc(Cl)c(Cl)c3)cc2Cl)c(C(=O)OC)c1C. The number of methoxy groups -OCH3 is 2. The number of rotatable bonds is 6. The van der Waals surface area contributed by atoms with Crippen molar-refractivity contribution in [1.82, 2.24) is 9.78 Å². The molecule has 2 aromatic heterocycles. The fourth-order valence-electron chi connectivity index (χ4n) is 2.87. The second kappa shape index (κ2) is 10.7. The normalized spacial score (nSPS) is 10.6. The molecule has 0 saturated carbocycles. The lowest BCUT2D eigenvalue weighted by atomic mass is 10.1. The summed E-state index contributed by atoms with van der Waals surface area (Å²) in [4.78, 5) is 24.6. The van der Waals surface area contributed by atoms with E-state index in [-0.39, 0.29) is 15.6 Å². The van der Waals surface area contributed by atoms with E-state index in [0.717, 1.165) is 16.9 Å². The van der Waals surface area contributed by atoms with E-state index in [1.54, 1.807) is 29.9 Å². The number of aromatic nitrogens is 2. The van der Waals surface area contributed by atoms with E-state index in [0.29, 0.717) is 38.0 Å². The zero-order valence-corrected chi connectivity index (χ0v) is 21.4. The van der Waals surface area contributed by atoms with E-state index in [9.17, 15) is 9.59 Å². The quantitative estimate of drug-likeness (QED) is 0.302. The van der Waals surface area contributed by atoms with Gasteiger partial charge in [-0.15, -0.1) is 11.3 Å². The van der Waals surface area contributed by atoms with Crippen molar-refractivity contribution >= 4 is 86.2 Å². The molecule has 1 aromatic carbocycles. The van der Waals surface area contributed by atoms with E-state index in [4.69, 9.17) is 56.5 Å². The van der Waals surface area contributed by atoms with Crippen LogP contribution in [0.25, 0.3) is 0 Å². The van der Waals surface area contributed by atoms with Gasteiger partial charge in [0.1, 0.15) is 14.9 Å². The molecule has 0 unspecified atom stereocenters. The summed E-state index contributed by atoms with van der Waals surface area (Å²) >= 11 is 24.7. The Bertz CT molecular complexity index is 1240. The molecule has 2 N–H and O–H groups in total. The fraction of sp³-hybridized carbons (Fsp3) is 0.200. The Morgan fingerprint density at radius 3 is 2.42 bits per heavy atom. The lowest BCUT2D eigenvalue weighted by Crippen LogP contribution is -2.20. The Labute approximate surface area is 213 Å². The first-order valence-electron chi connectivity index (χ1n) is 9.19. The van der Waals surface area contributed by atoms with Crippen LogP contribution in [0.2, 0.25) is 15.1 Å². The van der Waals surface area contributed by atoms with Crippen LogP contribution in [0.3, 0.4) is 0 Å². The fourth-order valence-corrected chi connectivity index (χ4v) is 4.77. The van der Waals surface area contributed by atoms with Crippen LogP contribution in [0.5, 0.6) is 0 Å². The van der Waals surface area contributed by atoms with Gasteiger partial charge in [-0.2, -0.15) is 5.10 Å². The summed E-state index contributed by atoms with van der Waals surface area (Å²) < 4.78 is 11.2. The summed E-state index contributed by atoms with van der Waals surface area (Å²) in [7, 11) is 2.51. The number of hydrogen-bond acceptors (Lipinski definition) is 7. The molecule has 0 amide bonds. The van der Waals surface area contributed by atoms with Gasteiger partial charge in [0.15, 0.2) is 10.9 Å². The molecule has 3 rings (SSSR count). The average molecular weight is 548 g/mol. The topological polar surface area (TPSA) is 94.5 Å². The smallest absolute Gasteiger partial charge is 0.348 e. The lowest BCUT2D eigenvalue weighted by Gasteiger charge is -2.09. The molecule has 174 valence electrons. The number of thiophene rings is 1. The molecule has 3 aromatic rings. The van der Waals surface area contributed by atoms with Gasteiger partial charge >= 0.3 is 11.9 Å². The second-order valence-electron chi connectivity index (χ2n) is 6.59. The van der Waals surface area contributed by atoms with Crippen LogP contribution in [-0.2, 0) is 16.0 Å². The predicted octanol–water partition coefficient (Wildman–Crippen LogP) is 5.64. The third-order valence-corrected chi connectivity index (χ3v) is 6.82. The Morgan fingerprint density at radius 2 is 1.79 bits per heavy atom. The van der Waals surface area contributed by atoms with Crippen molar-refractivity contribution in [2.75, 3.05) is 24.9 Å². The molecule has 0 saturated heterocycles. The first-order valence-corrected chi connectivity index (χ1v) is 11.5. The van der Waals surface area contributed by atoms with Gasteiger partial charge in [-0.25, -0.2) is 9.59 Å². The third kappa shape index (κ3) is 5.77. The van der Waals surface area contributed by atoms with Crippen molar-refractivity contribution in [1.29, 1.82) is 0 Å². The number of hydrogen-bond donors (Lipinski definition) is 2. The Morgan fingerprint density at radius 1 is 1.09 bits per heavy atom. The molecule has 0 spiro atoms. The summed E-state index contributed by atoms with van der Waals surface area (Å²) in [6.45, 7) is 2.02. The standard InChI is InChI=1S/C20H17Cl3N4O4S2/c1-9-14(18(28)30-2)17(33-15(9)19(29)31-3)25-20(32)24-16-13(23)8-27(26-16)7-10-4-5-11(21)12(22)6-10/h4-6,8H,7H2,1-3H3,(H2,24,25,26,32). The maximum Gasteiger partial charge on any atom is 0.348 e.